The standard InChI is InChI=1S/C18H24N4O3/c1-5-25-16-10-14(7-8-15(16)23-3)22-18(19-2)21-12-13-6-9-17(24-4)20-11-13/h6-11H,5,12H2,1-4H3,(H2,19,21,22). The fourth-order valence-electron chi connectivity index (χ4n) is 2.16. The molecule has 0 fully saturated rings. The van der Waals surface area contributed by atoms with Gasteiger partial charge in [-0.3, -0.25) is 4.99 Å². The molecule has 1 heterocycles. The molecule has 0 saturated carbocycles. The van der Waals surface area contributed by atoms with Gasteiger partial charge in [0, 0.05) is 37.6 Å². The minimum atomic E-state index is 0.567. The summed E-state index contributed by atoms with van der Waals surface area (Å²) < 4.78 is 15.9. The Morgan fingerprint density at radius 3 is 2.56 bits per heavy atom. The Kier molecular flexibility index (Phi) is 6.88. The van der Waals surface area contributed by atoms with Crippen LogP contribution in [0.5, 0.6) is 17.4 Å². The second-order valence-corrected chi connectivity index (χ2v) is 5.06. The van der Waals surface area contributed by atoms with E-state index in [0.717, 1.165) is 11.3 Å². The number of benzene rings is 1. The number of nitrogens with zero attached hydrogens (tertiary/aromatic N) is 2. The fraction of sp³-hybridized carbons (Fsp3) is 0.333. The smallest absolute Gasteiger partial charge is 0.212 e. The Hall–Kier alpha value is -2.96. The van der Waals surface area contributed by atoms with Crippen LogP contribution in [0.1, 0.15) is 12.5 Å². The molecule has 25 heavy (non-hydrogen) atoms. The molecule has 2 rings (SSSR count). The molecule has 1 aromatic heterocycles. The van der Waals surface area contributed by atoms with Crippen molar-refractivity contribution in [2.75, 3.05) is 33.2 Å². The minimum absolute atomic E-state index is 0.567. The van der Waals surface area contributed by atoms with Gasteiger partial charge in [0.05, 0.1) is 20.8 Å². The number of hydrogen-bond acceptors (Lipinski definition) is 5. The molecule has 1 aromatic carbocycles. The van der Waals surface area contributed by atoms with E-state index < -0.39 is 0 Å². The van der Waals surface area contributed by atoms with Crippen LogP contribution in [-0.2, 0) is 6.54 Å². The van der Waals surface area contributed by atoms with Gasteiger partial charge in [-0.2, -0.15) is 0 Å². The zero-order valence-electron chi connectivity index (χ0n) is 15.0. The van der Waals surface area contributed by atoms with Gasteiger partial charge in [0.1, 0.15) is 0 Å². The van der Waals surface area contributed by atoms with E-state index in [4.69, 9.17) is 14.2 Å². The van der Waals surface area contributed by atoms with E-state index in [9.17, 15) is 0 Å². The normalized spacial score (nSPS) is 11.0. The van der Waals surface area contributed by atoms with E-state index in [1.54, 1.807) is 27.5 Å². The summed E-state index contributed by atoms with van der Waals surface area (Å²) in [7, 11) is 4.93. The lowest BCUT2D eigenvalue weighted by Crippen LogP contribution is -2.30. The van der Waals surface area contributed by atoms with Gasteiger partial charge >= 0.3 is 0 Å². The van der Waals surface area contributed by atoms with Crippen LogP contribution in [0.15, 0.2) is 41.5 Å². The first-order chi connectivity index (χ1) is 12.2. The lowest BCUT2D eigenvalue weighted by molar-refractivity contribution is 0.311. The maximum atomic E-state index is 5.59. The zero-order valence-corrected chi connectivity index (χ0v) is 15.0. The first-order valence-electron chi connectivity index (χ1n) is 7.97. The molecule has 0 saturated heterocycles. The summed E-state index contributed by atoms with van der Waals surface area (Å²) >= 11 is 0. The van der Waals surface area contributed by atoms with E-state index >= 15 is 0 Å². The fourth-order valence-corrected chi connectivity index (χ4v) is 2.16. The van der Waals surface area contributed by atoms with Crippen LogP contribution in [0, 0.1) is 0 Å². The predicted octanol–water partition coefficient (Wildman–Crippen LogP) is 2.69. The van der Waals surface area contributed by atoms with Crippen LogP contribution in [0.4, 0.5) is 5.69 Å². The van der Waals surface area contributed by atoms with Crippen molar-refractivity contribution in [3.63, 3.8) is 0 Å². The van der Waals surface area contributed by atoms with E-state index in [-0.39, 0.29) is 0 Å². The quantitative estimate of drug-likeness (QED) is 0.594. The van der Waals surface area contributed by atoms with Crippen molar-refractivity contribution in [1.82, 2.24) is 10.3 Å². The molecule has 2 aromatic rings. The second kappa shape index (κ2) is 9.36. The first kappa shape index (κ1) is 18.4. The number of aromatic nitrogens is 1. The van der Waals surface area contributed by atoms with E-state index in [1.165, 1.54) is 0 Å². The van der Waals surface area contributed by atoms with Gasteiger partial charge in [-0.25, -0.2) is 4.98 Å². The van der Waals surface area contributed by atoms with Crippen LogP contribution in [0.2, 0.25) is 0 Å². The van der Waals surface area contributed by atoms with Gasteiger partial charge in [0.2, 0.25) is 5.88 Å². The summed E-state index contributed by atoms with van der Waals surface area (Å²) in [6.45, 7) is 3.09. The Bertz CT molecular complexity index is 702. The lowest BCUT2D eigenvalue weighted by atomic mass is 10.2. The van der Waals surface area contributed by atoms with Gasteiger partial charge in [0.15, 0.2) is 17.5 Å². The summed E-state index contributed by atoms with van der Waals surface area (Å²) in [6.07, 6.45) is 1.76. The molecule has 2 N–H and O–H groups in total. The van der Waals surface area contributed by atoms with Crippen molar-refractivity contribution in [1.29, 1.82) is 0 Å². The minimum Gasteiger partial charge on any atom is -0.493 e. The summed E-state index contributed by atoms with van der Waals surface area (Å²) in [5, 5.41) is 6.47. The average Bonchev–Trinajstić information content (AvgIpc) is 2.66. The number of pyridine rings is 1. The molecule has 0 atom stereocenters. The van der Waals surface area contributed by atoms with Gasteiger partial charge in [-0.05, 0) is 24.6 Å². The summed E-state index contributed by atoms with van der Waals surface area (Å²) in [6, 6.07) is 9.42. The third-order valence-electron chi connectivity index (χ3n) is 3.42. The molecular formula is C18H24N4O3. The largest absolute Gasteiger partial charge is 0.493 e. The summed E-state index contributed by atoms with van der Waals surface area (Å²) in [4.78, 5) is 8.41. The van der Waals surface area contributed by atoms with Gasteiger partial charge < -0.3 is 24.8 Å². The molecule has 0 bridgehead atoms. The number of anilines is 1. The molecule has 0 unspecified atom stereocenters. The Balaban J connectivity index is 2.00. The third-order valence-corrected chi connectivity index (χ3v) is 3.42. The molecule has 7 heteroatoms. The van der Waals surface area contributed by atoms with Gasteiger partial charge in [-0.1, -0.05) is 6.07 Å². The number of aliphatic imine (C=N–C) groups is 1. The van der Waals surface area contributed by atoms with Crippen molar-refractivity contribution < 1.29 is 14.2 Å². The van der Waals surface area contributed by atoms with E-state index in [1.807, 2.05) is 37.3 Å². The van der Waals surface area contributed by atoms with Crippen molar-refractivity contribution in [3.8, 4) is 17.4 Å². The van der Waals surface area contributed by atoms with Crippen LogP contribution < -0.4 is 24.8 Å². The van der Waals surface area contributed by atoms with Crippen molar-refractivity contribution in [2.45, 2.75) is 13.5 Å². The summed E-state index contributed by atoms with van der Waals surface area (Å²) in [5.74, 6) is 2.61. The predicted molar refractivity (Wildman–Crippen MR) is 98.8 cm³/mol. The Morgan fingerprint density at radius 2 is 1.96 bits per heavy atom. The number of nitrogens with one attached hydrogen (secondary N) is 2. The van der Waals surface area contributed by atoms with Crippen LogP contribution in [0.3, 0.4) is 0 Å². The SMILES string of the molecule is CCOc1cc(NC(=NC)NCc2ccc(OC)nc2)ccc1OC. The van der Waals surface area contributed by atoms with Crippen molar-refractivity contribution in [2.24, 2.45) is 4.99 Å². The molecule has 0 radical (unpaired) electrons. The highest BCUT2D eigenvalue weighted by Gasteiger charge is 2.07. The average molecular weight is 344 g/mol. The molecule has 0 amide bonds. The third kappa shape index (κ3) is 5.27. The molecule has 0 aliphatic heterocycles. The highest BCUT2D eigenvalue weighted by Crippen LogP contribution is 2.30. The second-order valence-electron chi connectivity index (χ2n) is 5.06. The highest BCUT2D eigenvalue weighted by molar-refractivity contribution is 5.93. The molecule has 0 aliphatic carbocycles. The first-order valence-corrected chi connectivity index (χ1v) is 7.97. The molecule has 0 spiro atoms. The number of rotatable bonds is 7. The Labute approximate surface area is 148 Å². The van der Waals surface area contributed by atoms with Crippen LogP contribution in [0.25, 0.3) is 0 Å². The highest BCUT2D eigenvalue weighted by atomic mass is 16.5. The van der Waals surface area contributed by atoms with Gasteiger partial charge in [0.25, 0.3) is 0 Å². The Morgan fingerprint density at radius 1 is 1.12 bits per heavy atom. The maximum absolute atomic E-state index is 5.59. The molecular weight excluding hydrogens is 320 g/mol. The monoisotopic (exact) mass is 344 g/mol. The summed E-state index contributed by atoms with van der Waals surface area (Å²) in [5.41, 5.74) is 1.87. The molecule has 7 nitrogen and oxygen atoms in total. The van der Waals surface area contributed by atoms with Crippen LogP contribution >= 0.6 is 0 Å². The molecule has 0 aliphatic rings. The maximum Gasteiger partial charge on any atom is 0.212 e. The lowest BCUT2D eigenvalue weighted by Gasteiger charge is -2.14. The topological polar surface area (TPSA) is 77.0 Å². The zero-order chi connectivity index (χ0) is 18.1. The molecule has 134 valence electrons. The number of ether oxygens (including phenoxy) is 3. The number of guanidine groups is 1. The number of methoxy groups -OCH3 is 2. The van der Waals surface area contributed by atoms with Gasteiger partial charge in [-0.15, -0.1) is 0 Å². The van der Waals surface area contributed by atoms with Crippen molar-refractivity contribution >= 4 is 11.6 Å². The number of hydrogen-bond donors (Lipinski definition) is 2. The van der Waals surface area contributed by atoms with E-state index in [2.05, 4.69) is 20.6 Å². The van der Waals surface area contributed by atoms with Crippen LogP contribution in [-0.4, -0.2) is 38.8 Å². The van der Waals surface area contributed by atoms with E-state index in [0.29, 0.717) is 36.5 Å². The van der Waals surface area contributed by atoms with Crippen molar-refractivity contribution in [3.05, 3.63) is 42.1 Å².